The highest BCUT2D eigenvalue weighted by atomic mass is 15.0. The molecule has 1 saturated heterocycles. The fourth-order valence-corrected chi connectivity index (χ4v) is 1.80. The Morgan fingerprint density at radius 2 is 1.62 bits per heavy atom. The van der Waals surface area contributed by atoms with Crippen LogP contribution in [0.3, 0.4) is 0 Å². The molecule has 1 aliphatic rings. The lowest BCUT2D eigenvalue weighted by molar-refractivity contribution is 0.363. The monoisotopic (exact) mass is 172 g/mol. The molecule has 2 rings (SSSR count). The zero-order chi connectivity index (χ0) is 8.93. The summed E-state index contributed by atoms with van der Waals surface area (Å²) in [6.07, 6.45) is 4.10. The third kappa shape index (κ3) is 2.59. The minimum absolute atomic E-state index is 1.23. The molecule has 0 aliphatic carbocycles. The van der Waals surface area contributed by atoms with Crippen molar-refractivity contribution in [3.8, 4) is 0 Å². The lowest BCUT2D eigenvalue weighted by Crippen LogP contribution is -2.39. The van der Waals surface area contributed by atoms with Crippen molar-refractivity contribution >= 4 is 12.9 Å². The number of hydrogen-bond acceptors (Lipinski definition) is 1. The molecule has 1 aromatic carbocycles. The highest BCUT2D eigenvalue weighted by Crippen LogP contribution is 2.06. The van der Waals surface area contributed by atoms with Crippen molar-refractivity contribution < 1.29 is 0 Å². The predicted molar refractivity (Wildman–Crippen MR) is 57.3 cm³/mol. The van der Waals surface area contributed by atoms with Crippen LogP contribution in [-0.2, 0) is 0 Å². The molecule has 2 heteroatoms. The maximum Gasteiger partial charge on any atom is 0.247 e. The lowest BCUT2D eigenvalue weighted by Gasteiger charge is -2.25. The average molecular weight is 172 g/mol. The summed E-state index contributed by atoms with van der Waals surface area (Å²) in [5, 5.41) is 0. The molecule has 0 aromatic heterocycles. The van der Waals surface area contributed by atoms with E-state index in [-0.39, 0.29) is 0 Å². The molecule has 1 aliphatic heterocycles. The highest BCUT2D eigenvalue weighted by molar-refractivity contribution is 6.50. The summed E-state index contributed by atoms with van der Waals surface area (Å²) in [6.45, 7) is 2.46. The normalized spacial score (nSPS) is 18.5. The van der Waals surface area contributed by atoms with E-state index in [2.05, 4.69) is 42.6 Å². The van der Waals surface area contributed by atoms with Crippen LogP contribution in [-0.4, -0.2) is 25.3 Å². The second-order valence-corrected chi connectivity index (χ2v) is 3.64. The van der Waals surface area contributed by atoms with Crippen molar-refractivity contribution in [2.24, 2.45) is 0 Å². The number of nitrogens with zero attached hydrogens (tertiary/aromatic N) is 1. The van der Waals surface area contributed by atoms with Gasteiger partial charge in [0.25, 0.3) is 0 Å². The minimum Gasteiger partial charge on any atom is -0.342 e. The predicted octanol–water partition coefficient (Wildman–Crippen LogP) is 1.42. The van der Waals surface area contributed by atoms with Crippen LogP contribution in [0.5, 0.6) is 0 Å². The van der Waals surface area contributed by atoms with Crippen LogP contribution in [0.4, 0.5) is 0 Å². The summed E-state index contributed by atoms with van der Waals surface area (Å²) >= 11 is 0. The summed E-state index contributed by atoms with van der Waals surface area (Å²) in [7, 11) is 2.28. The van der Waals surface area contributed by atoms with Crippen LogP contribution in [0.15, 0.2) is 30.3 Å². The van der Waals surface area contributed by atoms with Crippen LogP contribution in [0.1, 0.15) is 19.3 Å². The molecule has 0 spiro atoms. The van der Waals surface area contributed by atoms with Gasteiger partial charge in [-0.05, 0) is 25.9 Å². The molecule has 13 heavy (non-hydrogen) atoms. The van der Waals surface area contributed by atoms with Crippen molar-refractivity contribution in [1.82, 2.24) is 4.81 Å². The van der Waals surface area contributed by atoms with Gasteiger partial charge >= 0.3 is 0 Å². The van der Waals surface area contributed by atoms with E-state index in [0.717, 1.165) is 0 Å². The van der Waals surface area contributed by atoms with Crippen LogP contribution in [0.25, 0.3) is 0 Å². The zero-order valence-electron chi connectivity index (χ0n) is 7.95. The fraction of sp³-hybridized carbons (Fsp3) is 0.455. The van der Waals surface area contributed by atoms with Gasteiger partial charge in [-0.25, -0.2) is 0 Å². The van der Waals surface area contributed by atoms with E-state index < -0.39 is 0 Å². The zero-order valence-corrected chi connectivity index (χ0v) is 7.95. The van der Waals surface area contributed by atoms with Gasteiger partial charge in [-0.15, -0.1) is 0 Å². The van der Waals surface area contributed by atoms with Gasteiger partial charge in [0.2, 0.25) is 7.41 Å². The van der Waals surface area contributed by atoms with Crippen LogP contribution >= 0.6 is 0 Å². The Kier molecular flexibility index (Phi) is 3.04. The SMILES string of the molecule is [B](c1ccccc1)N1CCCCC1. The summed E-state index contributed by atoms with van der Waals surface area (Å²) in [5.74, 6) is 0. The van der Waals surface area contributed by atoms with Gasteiger partial charge in [0, 0.05) is 0 Å². The van der Waals surface area contributed by atoms with Crippen molar-refractivity contribution in [2.75, 3.05) is 13.1 Å². The van der Waals surface area contributed by atoms with Gasteiger partial charge in [0.1, 0.15) is 0 Å². The summed E-state index contributed by atoms with van der Waals surface area (Å²) < 4.78 is 0. The average Bonchev–Trinajstić information content (AvgIpc) is 2.21. The fourth-order valence-electron chi connectivity index (χ4n) is 1.80. The van der Waals surface area contributed by atoms with Gasteiger partial charge in [-0.1, -0.05) is 42.2 Å². The Hall–Kier alpha value is -0.755. The van der Waals surface area contributed by atoms with E-state index in [0.29, 0.717) is 0 Å². The Labute approximate surface area is 81.0 Å². The van der Waals surface area contributed by atoms with Gasteiger partial charge in [0.05, 0.1) is 0 Å². The van der Waals surface area contributed by atoms with Gasteiger partial charge in [-0.3, -0.25) is 0 Å². The van der Waals surface area contributed by atoms with Crippen molar-refractivity contribution in [2.45, 2.75) is 19.3 Å². The third-order valence-electron chi connectivity index (χ3n) is 2.52. The maximum atomic E-state index is 2.43. The second-order valence-electron chi connectivity index (χ2n) is 3.64. The van der Waals surface area contributed by atoms with Gasteiger partial charge < -0.3 is 4.81 Å². The number of benzene rings is 1. The molecule has 1 nitrogen and oxygen atoms in total. The molecule has 1 radical (unpaired) electrons. The molecule has 0 amide bonds. The number of hydrogen-bond donors (Lipinski definition) is 0. The molecule has 0 N–H and O–H groups in total. The third-order valence-corrected chi connectivity index (χ3v) is 2.52. The number of piperidine rings is 1. The standard InChI is InChI=1S/C11H15BN/c1-3-7-11(8-4-1)12-13-9-5-2-6-10-13/h1,3-4,7-8H,2,5-6,9-10H2. The molecular weight excluding hydrogens is 157 g/mol. The van der Waals surface area contributed by atoms with Crippen LogP contribution in [0, 0.1) is 0 Å². The highest BCUT2D eigenvalue weighted by Gasteiger charge is 2.10. The molecule has 1 heterocycles. The smallest absolute Gasteiger partial charge is 0.247 e. The Balaban J connectivity index is 1.90. The van der Waals surface area contributed by atoms with Gasteiger partial charge in [-0.2, -0.15) is 0 Å². The molecule has 0 unspecified atom stereocenters. The molecular formula is C11H15BN. The molecule has 67 valence electrons. The first-order chi connectivity index (χ1) is 6.45. The van der Waals surface area contributed by atoms with E-state index in [9.17, 15) is 0 Å². The van der Waals surface area contributed by atoms with Crippen molar-refractivity contribution in [3.63, 3.8) is 0 Å². The summed E-state index contributed by atoms with van der Waals surface area (Å²) in [4.78, 5) is 2.43. The van der Waals surface area contributed by atoms with E-state index in [1.165, 1.54) is 37.8 Å². The molecule has 0 bridgehead atoms. The lowest BCUT2D eigenvalue weighted by atomic mass is 9.79. The maximum absolute atomic E-state index is 2.43. The van der Waals surface area contributed by atoms with Crippen molar-refractivity contribution in [1.29, 1.82) is 0 Å². The number of rotatable bonds is 2. The molecule has 0 saturated carbocycles. The van der Waals surface area contributed by atoms with E-state index >= 15 is 0 Å². The van der Waals surface area contributed by atoms with E-state index in [1.54, 1.807) is 0 Å². The molecule has 0 atom stereocenters. The Morgan fingerprint density at radius 1 is 0.923 bits per heavy atom. The first-order valence-corrected chi connectivity index (χ1v) is 5.09. The van der Waals surface area contributed by atoms with E-state index in [1.807, 2.05) is 0 Å². The first kappa shape index (κ1) is 8.83. The van der Waals surface area contributed by atoms with Crippen LogP contribution in [0.2, 0.25) is 0 Å². The summed E-state index contributed by atoms with van der Waals surface area (Å²) in [6, 6.07) is 10.6. The quantitative estimate of drug-likeness (QED) is 0.609. The van der Waals surface area contributed by atoms with E-state index in [4.69, 9.17) is 0 Å². The summed E-state index contributed by atoms with van der Waals surface area (Å²) in [5.41, 5.74) is 1.32. The second kappa shape index (κ2) is 4.47. The Bertz CT molecular complexity index is 242. The van der Waals surface area contributed by atoms with Crippen molar-refractivity contribution in [3.05, 3.63) is 30.3 Å². The van der Waals surface area contributed by atoms with Gasteiger partial charge in [0.15, 0.2) is 0 Å². The van der Waals surface area contributed by atoms with Crippen LogP contribution < -0.4 is 5.46 Å². The molecule has 1 aromatic rings. The first-order valence-electron chi connectivity index (χ1n) is 5.09. The molecule has 1 fully saturated rings. The minimum atomic E-state index is 1.23. The largest absolute Gasteiger partial charge is 0.342 e. The Morgan fingerprint density at radius 3 is 2.31 bits per heavy atom. The topological polar surface area (TPSA) is 3.24 Å².